The van der Waals surface area contributed by atoms with E-state index in [4.69, 9.17) is 24.4 Å². The van der Waals surface area contributed by atoms with Gasteiger partial charge in [0.1, 0.15) is 42.9 Å². The highest BCUT2D eigenvalue weighted by Gasteiger charge is 2.60. The highest BCUT2D eigenvalue weighted by Crippen LogP contribution is 2.41. The van der Waals surface area contributed by atoms with Crippen LogP contribution < -0.4 is 16.0 Å². The molecule has 1 saturated heterocycles. The van der Waals surface area contributed by atoms with Crippen LogP contribution in [-0.4, -0.2) is 88.9 Å². The first kappa shape index (κ1) is 40.9. The zero-order chi connectivity index (χ0) is 38.1. The third-order valence-electron chi connectivity index (χ3n) is 8.39. The van der Waals surface area contributed by atoms with Crippen molar-refractivity contribution < 1.29 is 43.2 Å². The second-order valence-corrected chi connectivity index (χ2v) is 15.3. The number of carbonyl (C=O) groups excluding carboxylic acids is 4. The molecule has 1 aromatic rings. The zero-order valence-electron chi connectivity index (χ0n) is 30.8. The van der Waals surface area contributed by atoms with Crippen LogP contribution in [0.15, 0.2) is 17.1 Å². The molecule has 1 aliphatic heterocycles. The number of aliphatic hydroxyl groups excluding tert-OH is 1. The summed E-state index contributed by atoms with van der Waals surface area (Å²) in [6, 6.07) is 2.82. The van der Waals surface area contributed by atoms with Crippen molar-refractivity contribution in [1.29, 1.82) is 10.7 Å². The highest BCUT2D eigenvalue weighted by molar-refractivity contribution is 6.08. The van der Waals surface area contributed by atoms with Crippen LogP contribution in [0.2, 0.25) is 0 Å². The standard InChI is InChI=1S/C35H53N7O9/c1-20(2)39-31(46)42-29(38-19-37)22-14-15-24(40-22)35(18-36)28(44)26(23(50-35)17-48-25(43)16-21-12-10-9-11-13-21)49-30(45)27(33(3,4)5)41-32(47)51-34(6,7)8/h14-15,19-21,23,26-28,40,44H,9-13,16-17H2,1-8H3,(H,41,47)(H3,37,38,39,42,46)/t23-,26-,27-,28-,35+/m1/s1. The number of carbonyl (C=O) groups is 4. The molecule has 1 saturated carbocycles. The van der Waals surface area contributed by atoms with Gasteiger partial charge in [-0.1, -0.05) is 40.0 Å². The molecule has 0 radical (unpaired) electrons. The second kappa shape index (κ2) is 17.1. The van der Waals surface area contributed by atoms with Crippen molar-refractivity contribution in [2.75, 3.05) is 6.61 Å². The number of nitrogens with zero attached hydrogens (tertiary/aromatic N) is 2. The van der Waals surface area contributed by atoms with Crippen LogP contribution in [0, 0.1) is 28.1 Å². The average Bonchev–Trinajstić information content (AvgIpc) is 3.61. The summed E-state index contributed by atoms with van der Waals surface area (Å²) in [4.78, 5) is 58.6. The molecular weight excluding hydrogens is 662 g/mol. The summed E-state index contributed by atoms with van der Waals surface area (Å²) in [6.07, 6.45) is 0.393. The number of hydrogen-bond acceptors (Lipinski definition) is 11. The number of nitrogens with one attached hydrogen (secondary N) is 5. The lowest BCUT2D eigenvalue weighted by Crippen LogP contribution is -2.53. The molecule has 0 spiro atoms. The van der Waals surface area contributed by atoms with Crippen LogP contribution in [0.4, 0.5) is 9.59 Å². The predicted octanol–water partition coefficient (Wildman–Crippen LogP) is 3.92. The van der Waals surface area contributed by atoms with E-state index in [-0.39, 0.29) is 35.6 Å². The Bertz CT molecular complexity index is 1480. The number of H-pyrrole nitrogens is 1. The summed E-state index contributed by atoms with van der Waals surface area (Å²) in [6.45, 7) is 13.2. The predicted molar refractivity (Wildman–Crippen MR) is 186 cm³/mol. The number of aliphatic hydroxyl groups is 1. The highest BCUT2D eigenvalue weighted by atomic mass is 16.6. The quantitative estimate of drug-likeness (QED) is 0.0836. The number of urea groups is 1. The van der Waals surface area contributed by atoms with E-state index in [1.165, 1.54) is 12.1 Å². The Kier molecular flexibility index (Phi) is 13.8. The van der Waals surface area contributed by atoms with Gasteiger partial charge in [-0.05, 0) is 70.9 Å². The molecule has 0 unspecified atom stereocenters. The monoisotopic (exact) mass is 715 g/mol. The van der Waals surface area contributed by atoms with Gasteiger partial charge in [-0.15, -0.1) is 0 Å². The van der Waals surface area contributed by atoms with E-state index in [1.807, 2.05) is 6.07 Å². The van der Waals surface area contributed by atoms with Crippen molar-refractivity contribution in [3.63, 3.8) is 0 Å². The van der Waals surface area contributed by atoms with Crippen LogP contribution in [-0.2, 0) is 34.1 Å². The van der Waals surface area contributed by atoms with Gasteiger partial charge in [0, 0.05) is 12.5 Å². The number of alkyl carbamates (subject to hydrolysis) is 1. The fraction of sp³-hybridized carbons (Fsp3) is 0.686. The first-order chi connectivity index (χ1) is 23.8. The van der Waals surface area contributed by atoms with Crippen LogP contribution in [0.3, 0.4) is 0 Å². The van der Waals surface area contributed by atoms with E-state index in [1.54, 1.807) is 55.4 Å². The van der Waals surface area contributed by atoms with E-state index in [9.17, 15) is 29.5 Å². The molecule has 16 heteroatoms. The van der Waals surface area contributed by atoms with E-state index in [0.29, 0.717) is 0 Å². The molecular formula is C35H53N7O9. The minimum absolute atomic E-state index is 0.00702. The van der Waals surface area contributed by atoms with Gasteiger partial charge >= 0.3 is 24.1 Å². The summed E-state index contributed by atoms with van der Waals surface area (Å²) < 4.78 is 22.9. The summed E-state index contributed by atoms with van der Waals surface area (Å²) >= 11 is 0. The molecule has 51 heavy (non-hydrogen) atoms. The number of rotatable bonds is 11. The largest absolute Gasteiger partial charge is 0.463 e. The van der Waals surface area contributed by atoms with Crippen LogP contribution >= 0.6 is 0 Å². The summed E-state index contributed by atoms with van der Waals surface area (Å²) in [5.74, 6) is -1.31. The van der Waals surface area contributed by atoms with Gasteiger partial charge in [0.15, 0.2) is 11.9 Å². The fourth-order valence-electron chi connectivity index (χ4n) is 5.96. The third kappa shape index (κ3) is 11.3. The maximum absolute atomic E-state index is 13.8. The van der Waals surface area contributed by atoms with E-state index >= 15 is 0 Å². The van der Waals surface area contributed by atoms with E-state index in [0.717, 1.165) is 38.4 Å². The number of aliphatic imine (C=N–C) groups is 1. The smallest absolute Gasteiger partial charge is 0.408 e. The molecule has 2 aliphatic rings. The maximum Gasteiger partial charge on any atom is 0.408 e. The van der Waals surface area contributed by atoms with E-state index in [2.05, 4.69) is 25.9 Å². The summed E-state index contributed by atoms with van der Waals surface area (Å²) in [7, 11) is 0. The number of nitriles is 1. The second-order valence-electron chi connectivity index (χ2n) is 15.3. The molecule has 6 N–H and O–H groups in total. The Morgan fingerprint density at radius 1 is 1.14 bits per heavy atom. The first-order valence-electron chi connectivity index (χ1n) is 17.3. The van der Waals surface area contributed by atoms with Gasteiger partial charge in [-0.25, -0.2) is 19.4 Å². The topological polar surface area (TPSA) is 237 Å². The first-order valence-corrected chi connectivity index (χ1v) is 17.3. The average molecular weight is 716 g/mol. The van der Waals surface area contributed by atoms with Crippen molar-refractivity contribution in [2.24, 2.45) is 16.3 Å². The summed E-state index contributed by atoms with van der Waals surface area (Å²) in [5, 5.41) is 37.5. The Balaban J connectivity index is 1.94. The van der Waals surface area contributed by atoms with Crippen molar-refractivity contribution in [3.8, 4) is 6.07 Å². The van der Waals surface area contributed by atoms with Gasteiger partial charge in [-0.3, -0.25) is 15.5 Å². The van der Waals surface area contributed by atoms with Gasteiger partial charge in [0.25, 0.3) is 0 Å². The molecule has 3 rings (SSSR count). The maximum atomic E-state index is 13.8. The van der Waals surface area contributed by atoms with Crippen LogP contribution in [0.25, 0.3) is 0 Å². The Hall–Kier alpha value is -4.49. The number of ether oxygens (including phenoxy) is 4. The normalized spacial score (nSPS) is 23.5. The zero-order valence-corrected chi connectivity index (χ0v) is 30.8. The minimum Gasteiger partial charge on any atom is -0.463 e. The number of esters is 2. The molecule has 0 bridgehead atoms. The van der Waals surface area contributed by atoms with Crippen LogP contribution in [0.1, 0.15) is 105 Å². The van der Waals surface area contributed by atoms with Gasteiger partial charge in [-0.2, -0.15) is 5.26 Å². The lowest BCUT2D eigenvalue weighted by atomic mass is 9.86. The van der Waals surface area contributed by atoms with E-state index < -0.39 is 71.6 Å². The van der Waals surface area contributed by atoms with Crippen molar-refractivity contribution in [2.45, 2.75) is 136 Å². The van der Waals surface area contributed by atoms with Gasteiger partial charge < -0.3 is 39.7 Å². The van der Waals surface area contributed by atoms with Gasteiger partial charge in [0.2, 0.25) is 5.60 Å². The van der Waals surface area contributed by atoms with Crippen LogP contribution in [0.5, 0.6) is 0 Å². The molecule has 0 aromatic carbocycles. The molecule has 3 amide bonds. The lowest BCUT2D eigenvalue weighted by Gasteiger charge is -2.32. The summed E-state index contributed by atoms with van der Waals surface area (Å²) in [5.41, 5.74) is -3.75. The SMILES string of the molecule is CC(C)NC(=O)NC(=NC=N)c1ccc([C@]2(C#N)O[C@H](COC(=O)CC3CCCCC3)[C@@H](OC(=O)[C@@H](NC(=O)OC(C)(C)C)C(C)(C)C)[C@H]2O)[nH]1. The number of aromatic amines is 1. The fourth-order valence-corrected chi connectivity index (χ4v) is 5.96. The molecule has 2 heterocycles. The minimum atomic E-state index is -2.19. The molecule has 2 fully saturated rings. The lowest BCUT2D eigenvalue weighted by molar-refractivity contribution is -0.164. The molecule has 5 atom stereocenters. The third-order valence-corrected chi connectivity index (χ3v) is 8.39. The van der Waals surface area contributed by atoms with Crippen molar-refractivity contribution in [3.05, 3.63) is 23.5 Å². The van der Waals surface area contributed by atoms with Crippen molar-refractivity contribution in [1.82, 2.24) is 20.9 Å². The Morgan fingerprint density at radius 2 is 1.80 bits per heavy atom. The molecule has 16 nitrogen and oxygen atoms in total. The Labute approximate surface area is 298 Å². The number of aromatic nitrogens is 1. The molecule has 1 aromatic heterocycles. The Morgan fingerprint density at radius 3 is 2.37 bits per heavy atom. The van der Waals surface area contributed by atoms with Gasteiger partial charge in [0.05, 0.1) is 11.4 Å². The number of hydrogen-bond donors (Lipinski definition) is 6. The number of amides is 3. The molecule has 282 valence electrons. The molecule has 1 aliphatic carbocycles. The number of amidine groups is 1. The van der Waals surface area contributed by atoms with Crippen molar-refractivity contribution >= 4 is 36.2 Å².